The molecule has 0 aliphatic rings. The number of aromatic nitrogens is 1. The van der Waals surface area contributed by atoms with Crippen molar-refractivity contribution in [2.24, 2.45) is 0 Å². The molecule has 1 rings (SSSR count). The second-order valence-corrected chi connectivity index (χ2v) is 2.42. The molecule has 0 N–H and O–H groups in total. The van der Waals surface area contributed by atoms with Crippen LogP contribution in [0.5, 0.6) is 0 Å². The Morgan fingerprint density at radius 3 is 2.73 bits per heavy atom. The summed E-state index contributed by atoms with van der Waals surface area (Å²) in [5.41, 5.74) is 2.97. The maximum absolute atomic E-state index is 4.14. The van der Waals surface area contributed by atoms with Crippen molar-refractivity contribution in [1.29, 1.82) is 0 Å². The van der Waals surface area contributed by atoms with Gasteiger partial charge in [-0.3, -0.25) is 4.98 Å². The fourth-order valence-corrected chi connectivity index (χ4v) is 0.776. The van der Waals surface area contributed by atoms with E-state index in [1.54, 1.807) is 12.3 Å². The van der Waals surface area contributed by atoms with Gasteiger partial charge in [0.25, 0.3) is 0 Å². The van der Waals surface area contributed by atoms with Crippen LogP contribution in [0, 0.1) is 6.92 Å². The second-order valence-electron chi connectivity index (χ2n) is 2.42. The normalized spacial score (nSPS) is 9.18. The maximum atomic E-state index is 4.14. The van der Waals surface area contributed by atoms with E-state index in [-0.39, 0.29) is 0 Å². The van der Waals surface area contributed by atoms with Crippen molar-refractivity contribution < 1.29 is 0 Å². The first-order chi connectivity index (χ1) is 5.24. The summed E-state index contributed by atoms with van der Waals surface area (Å²) >= 11 is 0. The van der Waals surface area contributed by atoms with Crippen LogP contribution >= 0.6 is 0 Å². The summed E-state index contributed by atoms with van der Waals surface area (Å²) in [5.74, 6) is 0. The van der Waals surface area contributed by atoms with E-state index in [0.29, 0.717) is 0 Å². The van der Waals surface area contributed by atoms with Gasteiger partial charge in [0.2, 0.25) is 0 Å². The fourth-order valence-electron chi connectivity index (χ4n) is 0.776. The van der Waals surface area contributed by atoms with Crippen molar-refractivity contribution in [3.05, 3.63) is 48.8 Å². The first kappa shape index (κ1) is 7.73. The lowest BCUT2D eigenvalue weighted by Gasteiger charge is -1.98. The number of aryl methyl sites for hydroxylation is 1. The van der Waals surface area contributed by atoms with Crippen molar-refractivity contribution in [3.8, 4) is 0 Å². The first-order valence-corrected chi connectivity index (χ1v) is 3.48. The van der Waals surface area contributed by atoms with Crippen LogP contribution in [0.1, 0.15) is 11.3 Å². The largest absolute Gasteiger partial charge is 0.261 e. The van der Waals surface area contributed by atoms with Gasteiger partial charge in [-0.2, -0.15) is 0 Å². The molecule has 1 aromatic heterocycles. The van der Waals surface area contributed by atoms with Crippen LogP contribution in [0.4, 0.5) is 0 Å². The first-order valence-electron chi connectivity index (χ1n) is 3.48. The van der Waals surface area contributed by atoms with Crippen molar-refractivity contribution in [2.45, 2.75) is 6.92 Å². The van der Waals surface area contributed by atoms with Crippen molar-refractivity contribution >= 4 is 5.57 Å². The van der Waals surface area contributed by atoms with E-state index in [1.165, 1.54) is 0 Å². The Bertz CT molecular complexity index is 269. The Labute approximate surface area is 67.1 Å². The molecule has 11 heavy (non-hydrogen) atoms. The lowest BCUT2D eigenvalue weighted by atomic mass is 10.1. The minimum atomic E-state index is 0.914. The van der Waals surface area contributed by atoms with Gasteiger partial charge in [0, 0.05) is 11.9 Å². The summed E-state index contributed by atoms with van der Waals surface area (Å²) in [4.78, 5) is 4.14. The molecular formula is C10H11N. The summed E-state index contributed by atoms with van der Waals surface area (Å²) in [6, 6.07) is 3.95. The van der Waals surface area contributed by atoms with Gasteiger partial charge >= 0.3 is 0 Å². The molecule has 56 valence electrons. The van der Waals surface area contributed by atoms with Crippen molar-refractivity contribution in [2.75, 3.05) is 0 Å². The number of hydrogen-bond acceptors (Lipinski definition) is 1. The smallest absolute Gasteiger partial charge is 0.0373 e. The summed E-state index contributed by atoms with van der Waals surface area (Å²) < 4.78 is 0. The molecule has 0 saturated heterocycles. The molecule has 0 bridgehead atoms. The molecule has 0 unspecified atom stereocenters. The van der Waals surface area contributed by atoms with Gasteiger partial charge < -0.3 is 0 Å². The lowest BCUT2D eigenvalue weighted by molar-refractivity contribution is 1.19. The molecule has 0 radical (unpaired) electrons. The van der Waals surface area contributed by atoms with Crippen LogP contribution in [0.3, 0.4) is 0 Å². The van der Waals surface area contributed by atoms with Gasteiger partial charge in [0.05, 0.1) is 0 Å². The van der Waals surface area contributed by atoms with E-state index in [9.17, 15) is 0 Å². The standard InChI is InChI=1S/C10H11N/c1-4-8(2)10-6-5-9(3)11-7-10/h4-7H,1-2H2,3H3. The Balaban J connectivity index is 2.98. The van der Waals surface area contributed by atoms with Crippen LogP contribution < -0.4 is 0 Å². The molecule has 1 heteroatoms. The number of pyridine rings is 1. The van der Waals surface area contributed by atoms with E-state index in [0.717, 1.165) is 16.8 Å². The SMILES string of the molecule is C=CC(=C)c1ccc(C)nc1. The molecule has 0 fully saturated rings. The van der Waals surface area contributed by atoms with Gasteiger partial charge in [0.15, 0.2) is 0 Å². The third-order valence-corrected chi connectivity index (χ3v) is 1.53. The fraction of sp³-hybridized carbons (Fsp3) is 0.100. The van der Waals surface area contributed by atoms with Gasteiger partial charge in [-0.15, -0.1) is 0 Å². The molecule has 0 aliphatic heterocycles. The second kappa shape index (κ2) is 3.15. The summed E-state index contributed by atoms with van der Waals surface area (Å²) in [5, 5.41) is 0. The van der Waals surface area contributed by atoms with Gasteiger partial charge in [-0.1, -0.05) is 25.3 Å². The van der Waals surface area contributed by atoms with E-state index in [2.05, 4.69) is 18.1 Å². The molecule has 0 amide bonds. The molecule has 0 aliphatic carbocycles. The van der Waals surface area contributed by atoms with Crippen LogP contribution in [-0.4, -0.2) is 4.98 Å². The maximum Gasteiger partial charge on any atom is 0.0373 e. The quantitative estimate of drug-likeness (QED) is 0.583. The monoisotopic (exact) mass is 145 g/mol. The predicted octanol–water partition coefficient (Wildman–Crippen LogP) is 2.59. The van der Waals surface area contributed by atoms with Gasteiger partial charge in [0.1, 0.15) is 0 Å². The highest BCUT2D eigenvalue weighted by Crippen LogP contribution is 2.11. The molecule has 1 aromatic rings. The highest BCUT2D eigenvalue weighted by molar-refractivity contribution is 5.70. The average molecular weight is 145 g/mol. The van der Waals surface area contributed by atoms with Gasteiger partial charge in [-0.25, -0.2) is 0 Å². The van der Waals surface area contributed by atoms with Crippen LogP contribution in [0.25, 0.3) is 5.57 Å². The molecule has 0 atom stereocenters. The summed E-state index contributed by atoms with van der Waals surface area (Å²) in [6.45, 7) is 9.41. The highest BCUT2D eigenvalue weighted by atomic mass is 14.7. The topological polar surface area (TPSA) is 12.9 Å². The highest BCUT2D eigenvalue weighted by Gasteiger charge is 1.92. The number of hydrogen-bond donors (Lipinski definition) is 0. The minimum Gasteiger partial charge on any atom is -0.261 e. The van der Waals surface area contributed by atoms with E-state index in [4.69, 9.17) is 0 Å². The van der Waals surface area contributed by atoms with Crippen LogP contribution in [0.2, 0.25) is 0 Å². The Morgan fingerprint density at radius 1 is 1.55 bits per heavy atom. The number of allylic oxidation sites excluding steroid dienone is 2. The van der Waals surface area contributed by atoms with Crippen molar-refractivity contribution in [1.82, 2.24) is 4.98 Å². The number of nitrogens with zero attached hydrogens (tertiary/aromatic N) is 1. The molecule has 0 spiro atoms. The lowest BCUT2D eigenvalue weighted by Crippen LogP contribution is -1.83. The van der Waals surface area contributed by atoms with Gasteiger partial charge in [-0.05, 0) is 24.1 Å². The van der Waals surface area contributed by atoms with E-state index in [1.807, 2.05) is 19.1 Å². The molecular weight excluding hydrogens is 134 g/mol. The van der Waals surface area contributed by atoms with Crippen LogP contribution in [0.15, 0.2) is 37.6 Å². The zero-order valence-corrected chi connectivity index (χ0v) is 6.67. The Hall–Kier alpha value is -1.37. The summed E-state index contributed by atoms with van der Waals surface area (Å²) in [7, 11) is 0. The molecule has 1 heterocycles. The molecule has 0 saturated carbocycles. The summed E-state index contributed by atoms with van der Waals surface area (Å²) in [6.07, 6.45) is 3.53. The Kier molecular flexibility index (Phi) is 2.21. The molecule has 0 aromatic carbocycles. The minimum absolute atomic E-state index is 0.914. The van der Waals surface area contributed by atoms with Crippen LogP contribution in [-0.2, 0) is 0 Å². The number of rotatable bonds is 2. The third-order valence-electron chi connectivity index (χ3n) is 1.53. The zero-order chi connectivity index (χ0) is 8.27. The Morgan fingerprint density at radius 2 is 2.27 bits per heavy atom. The van der Waals surface area contributed by atoms with Crippen molar-refractivity contribution in [3.63, 3.8) is 0 Å². The zero-order valence-electron chi connectivity index (χ0n) is 6.67. The average Bonchev–Trinajstić information content (AvgIpc) is 2.05. The van der Waals surface area contributed by atoms with E-state index < -0.39 is 0 Å². The third kappa shape index (κ3) is 1.77. The van der Waals surface area contributed by atoms with E-state index >= 15 is 0 Å². The molecule has 1 nitrogen and oxygen atoms in total. The predicted molar refractivity (Wildman–Crippen MR) is 48.2 cm³/mol.